The molecule has 0 fully saturated rings. The predicted octanol–water partition coefficient (Wildman–Crippen LogP) is 2.17. The summed E-state index contributed by atoms with van der Waals surface area (Å²) >= 11 is 8.30. The van der Waals surface area contributed by atoms with Crippen molar-refractivity contribution in [3.63, 3.8) is 0 Å². The first-order chi connectivity index (χ1) is 5.41. The lowest BCUT2D eigenvalue weighted by atomic mass is 10.5. The fourth-order valence-corrected chi connectivity index (χ4v) is 2.28. The second-order valence-electron chi connectivity index (χ2n) is 1.90. The van der Waals surface area contributed by atoms with Crippen molar-refractivity contribution < 1.29 is 13.0 Å². The molecular formula is C5H4BrCl2NO3S. The Morgan fingerprint density at radius 1 is 1.46 bits per heavy atom. The minimum atomic E-state index is -4.22. The van der Waals surface area contributed by atoms with Crippen LogP contribution in [0.25, 0.3) is 0 Å². The number of hydrogen-bond acceptors (Lipinski definition) is 3. The highest BCUT2D eigenvalue weighted by Gasteiger charge is 2.14. The van der Waals surface area contributed by atoms with Crippen molar-refractivity contribution in [2.75, 3.05) is 0 Å². The second-order valence-corrected chi connectivity index (χ2v) is 4.43. The third kappa shape index (κ3) is 3.40. The molecule has 0 radical (unpaired) electrons. The van der Waals surface area contributed by atoms with E-state index in [9.17, 15) is 8.42 Å². The lowest BCUT2D eigenvalue weighted by Crippen LogP contribution is -2.00. The fraction of sp³-hybridized carbons (Fsp3) is 0. The molecule has 0 aromatic carbocycles. The molecule has 0 atom stereocenters. The van der Waals surface area contributed by atoms with E-state index in [0.29, 0.717) is 0 Å². The third-order valence-electron chi connectivity index (χ3n) is 1.06. The molecular weight excluding hydrogens is 305 g/mol. The molecule has 1 aromatic rings. The number of hydrogen-bond donors (Lipinski definition) is 1. The zero-order valence-electron chi connectivity index (χ0n) is 5.94. The van der Waals surface area contributed by atoms with Crippen LogP contribution in [0.3, 0.4) is 0 Å². The van der Waals surface area contributed by atoms with Crippen molar-refractivity contribution in [3.05, 3.63) is 21.9 Å². The van der Waals surface area contributed by atoms with Gasteiger partial charge < -0.3 is 0 Å². The number of aromatic nitrogens is 1. The van der Waals surface area contributed by atoms with Gasteiger partial charge in [0.05, 0.1) is 0 Å². The highest BCUT2D eigenvalue weighted by atomic mass is 79.9. The van der Waals surface area contributed by atoms with Crippen LogP contribution in [0.15, 0.2) is 21.6 Å². The largest absolute Gasteiger partial charge is 0.297 e. The summed E-state index contributed by atoms with van der Waals surface area (Å²) in [5.74, 6) is 0. The predicted molar refractivity (Wildman–Crippen MR) is 54.0 cm³/mol. The highest BCUT2D eigenvalue weighted by molar-refractivity contribution is 9.10. The van der Waals surface area contributed by atoms with Gasteiger partial charge in [0.1, 0.15) is 14.7 Å². The molecule has 0 aliphatic carbocycles. The Morgan fingerprint density at radius 3 is 2.38 bits per heavy atom. The van der Waals surface area contributed by atoms with Gasteiger partial charge in [-0.1, -0.05) is 11.6 Å². The average molecular weight is 309 g/mol. The fourth-order valence-electron chi connectivity index (χ4n) is 0.592. The molecule has 0 unspecified atom stereocenters. The van der Waals surface area contributed by atoms with Gasteiger partial charge in [-0.2, -0.15) is 8.42 Å². The topological polar surface area (TPSA) is 67.3 Å². The van der Waals surface area contributed by atoms with E-state index in [2.05, 4.69) is 20.9 Å². The van der Waals surface area contributed by atoms with Crippen molar-refractivity contribution >= 4 is 50.1 Å². The molecule has 1 heterocycles. The van der Waals surface area contributed by atoms with E-state index >= 15 is 0 Å². The Hall–Kier alpha value is 0.120. The molecule has 0 saturated carbocycles. The van der Waals surface area contributed by atoms with Crippen molar-refractivity contribution in [3.8, 4) is 0 Å². The van der Waals surface area contributed by atoms with Crippen molar-refractivity contribution in [2.45, 2.75) is 4.90 Å². The molecule has 0 saturated heterocycles. The maximum absolute atomic E-state index is 10.6. The number of halogens is 3. The van der Waals surface area contributed by atoms with E-state index in [-0.39, 0.29) is 27.1 Å². The quantitative estimate of drug-likeness (QED) is 0.638. The van der Waals surface area contributed by atoms with Crippen LogP contribution in [-0.2, 0) is 10.1 Å². The van der Waals surface area contributed by atoms with Crippen LogP contribution >= 0.6 is 39.9 Å². The average Bonchev–Trinajstić information content (AvgIpc) is 1.83. The Bertz CT molecular complexity index is 408. The first-order valence-electron chi connectivity index (χ1n) is 2.71. The number of pyridine rings is 1. The van der Waals surface area contributed by atoms with Crippen LogP contribution in [0.2, 0.25) is 5.15 Å². The van der Waals surface area contributed by atoms with Gasteiger partial charge in [-0.15, -0.1) is 12.4 Å². The van der Waals surface area contributed by atoms with E-state index in [1.165, 1.54) is 6.07 Å². The van der Waals surface area contributed by atoms with Crippen molar-refractivity contribution in [1.29, 1.82) is 0 Å². The summed E-state index contributed by atoms with van der Waals surface area (Å²) in [7, 11) is -4.22. The van der Waals surface area contributed by atoms with Gasteiger partial charge in [0.2, 0.25) is 0 Å². The van der Waals surface area contributed by atoms with E-state index < -0.39 is 10.1 Å². The summed E-state index contributed by atoms with van der Waals surface area (Å²) in [4.78, 5) is 3.28. The Kier molecular flexibility index (Phi) is 4.61. The van der Waals surface area contributed by atoms with Crippen LogP contribution in [0.1, 0.15) is 0 Å². The Labute approximate surface area is 94.6 Å². The molecule has 1 N–H and O–H groups in total. The lowest BCUT2D eigenvalue weighted by Gasteiger charge is -1.98. The lowest BCUT2D eigenvalue weighted by molar-refractivity contribution is 0.482. The molecule has 74 valence electrons. The smallest absolute Gasteiger partial charge is 0.282 e. The van der Waals surface area contributed by atoms with Gasteiger partial charge in [0, 0.05) is 0 Å². The van der Waals surface area contributed by atoms with E-state index in [4.69, 9.17) is 16.2 Å². The molecule has 0 bridgehead atoms. The van der Waals surface area contributed by atoms with Gasteiger partial charge in [0.15, 0.2) is 0 Å². The van der Waals surface area contributed by atoms with Crippen molar-refractivity contribution in [2.24, 2.45) is 0 Å². The summed E-state index contributed by atoms with van der Waals surface area (Å²) in [5, 5.41) is 0.147. The summed E-state index contributed by atoms with van der Waals surface area (Å²) in [5.41, 5.74) is 0. The van der Waals surface area contributed by atoms with Crippen LogP contribution < -0.4 is 0 Å². The van der Waals surface area contributed by atoms with Crippen LogP contribution in [-0.4, -0.2) is 18.0 Å². The highest BCUT2D eigenvalue weighted by Crippen LogP contribution is 2.21. The molecule has 0 aliphatic heterocycles. The maximum atomic E-state index is 10.6. The minimum Gasteiger partial charge on any atom is -0.282 e. The minimum absolute atomic E-state index is 0. The molecule has 0 aliphatic rings. The summed E-state index contributed by atoms with van der Waals surface area (Å²) < 4.78 is 29.8. The van der Waals surface area contributed by atoms with Gasteiger partial charge in [0.25, 0.3) is 10.1 Å². The molecule has 8 heteroatoms. The Balaban J connectivity index is 0.00000144. The molecule has 1 rings (SSSR count). The first-order valence-corrected chi connectivity index (χ1v) is 5.32. The van der Waals surface area contributed by atoms with Crippen LogP contribution in [0, 0.1) is 0 Å². The summed E-state index contributed by atoms with van der Waals surface area (Å²) in [6.45, 7) is 0. The van der Waals surface area contributed by atoms with E-state index in [0.717, 1.165) is 6.07 Å². The van der Waals surface area contributed by atoms with Crippen LogP contribution in [0.5, 0.6) is 0 Å². The maximum Gasteiger partial charge on any atom is 0.297 e. The van der Waals surface area contributed by atoms with Gasteiger partial charge in [-0.25, -0.2) is 4.98 Å². The molecule has 4 nitrogen and oxygen atoms in total. The molecule has 13 heavy (non-hydrogen) atoms. The zero-order valence-corrected chi connectivity index (χ0v) is 9.91. The summed E-state index contributed by atoms with van der Waals surface area (Å²) in [6.07, 6.45) is 0. The second kappa shape index (κ2) is 4.56. The SMILES string of the molecule is Cl.O=S(=O)(O)c1ccc(Cl)nc1Br. The molecule has 0 amide bonds. The first kappa shape index (κ1) is 13.1. The van der Waals surface area contributed by atoms with E-state index in [1.54, 1.807) is 0 Å². The molecule has 0 spiro atoms. The molecule has 1 aromatic heterocycles. The summed E-state index contributed by atoms with van der Waals surface area (Å²) in [6, 6.07) is 2.43. The van der Waals surface area contributed by atoms with Gasteiger partial charge in [-0.3, -0.25) is 4.55 Å². The monoisotopic (exact) mass is 307 g/mol. The number of rotatable bonds is 1. The van der Waals surface area contributed by atoms with Crippen molar-refractivity contribution in [1.82, 2.24) is 4.98 Å². The van der Waals surface area contributed by atoms with E-state index in [1.807, 2.05) is 0 Å². The Morgan fingerprint density at radius 2 is 2.00 bits per heavy atom. The van der Waals surface area contributed by atoms with Gasteiger partial charge >= 0.3 is 0 Å². The third-order valence-corrected chi connectivity index (χ3v) is 3.02. The van der Waals surface area contributed by atoms with Gasteiger partial charge in [-0.05, 0) is 28.1 Å². The standard InChI is InChI=1S/C5H3BrClNO3S.ClH/c6-5-3(12(9,10)11)1-2-4(7)8-5;/h1-2H,(H,9,10,11);1H. The normalized spacial score (nSPS) is 10.7. The number of nitrogens with zero attached hydrogens (tertiary/aromatic N) is 1. The van der Waals surface area contributed by atoms with Crippen LogP contribution in [0.4, 0.5) is 0 Å². The zero-order chi connectivity index (χ0) is 9.35.